The third kappa shape index (κ3) is 4.23. The van der Waals surface area contributed by atoms with Crippen molar-refractivity contribution in [2.45, 2.75) is 64.6 Å². The Morgan fingerprint density at radius 1 is 1.26 bits per heavy atom. The standard InChI is InChI=1S/C15H27NO3/c1-7-18-13(17)8-9-19-12-10-14(2,3)16(6)15(4,5)11-12/h8-9,12H,7,10-11H2,1-6H3/b9-8+. The van der Waals surface area contributed by atoms with E-state index >= 15 is 0 Å². The molecule has 0 radical (unpaired) electrons. The van der Waals surface area contributed by atoms with Gasteiger partial charge in [0.05, 0.1) is 18.9 Å². The monoisotopic (exact) mass is 269 g/mol. The van der Waals surface area contributed by atoms with Crippen LogP contribution in [0.2, 0.25) is 0 Å². The van der Waals surface area contributed by atoms with Gasteiger partial charge in [-0.15, -0.1) is 0 Å². The second-order valence-electron chi connectivity index (χ2n) is 6.41. The largest absolute Gasteiger partial charge is 0.498 e. The number of hydrogen-bond donors (Lipinski definition) is 0. The highest BCUT2D eigenvalue weighted by Crippen LogP contribution is 2.38. The molecule has 0 spiro atoms. The van der Waals surface area contributed by atoms with Crippen LogP contribution in [-0.2, 0) is 14.3 Å². The van der Waals surface area contributed by atoms with Crippen LogP contribution < -0.4 is 0 Å². The van der Waals surface area contributed by atoms with Crippen LogP contribution in [0, 0.1) is 0 Å². The molecule has 1 fully saturated rings. The van der Waals surface area contributed by atoms with E-state index in [0.717, 1.165) is 12.8 Å². The van der Waals surface area contributed by atoms with Crippen LogP contribution >= 0.6 is 0 Å². The van der Waals surface area contributed by atoms with E-state index in [1.165, 1.54) is 12.3 Å². The van der Waals surface area contributed by atoms with E-state index < -0.39 is 0 Å². The lowest BCUT2D eigenvalue weighted by atomic mass is 9.79. The van der Waals surface area contributed by atoms with Crippen LogP contribution in [0.5, 0.6) is 0 Å². The van der Waals surface area contributed by atoms with Gasteiger partial charge in [0, 0.05) is 23.9 Å². The Morgan fingerprint density at radius 2 is 1.79 bits per heavy atom. The van der Waals surface area contributed by atoms with Gasteiger partial charge < -0.3 is 9.47 Å². The number of esters is 1. The summed E-state index contributed by atoms with van der Waals surface area (Å²) in [6.45, 7) is 11.1. The zero-order valence-corrected chi connectivity index (χ0v) is 13.0. The van der Waals surface area contributed by atoms with Gasteiger partial charge >= 0.3 is 5.97 Å². The number of nitrogens with zero attached hydrogens (tertiary/aromatic N) is 1. The first-order valence-corrected chi connectivity index (χ1v) is 6.92. The normalized spacial score (nSPS) is 23.5. The number of rotatable bonds is 4. The second-order valence-corrected chi connectivity index (χ2v) is 6.41. The molecule has 1 saturated heterocycles. The maximum Gasteiger partial charge on any atom is 0.333 e. The predicted octanol–water partition coefficient (Wildman–Crippen LogP) is 2.73. The number of hydrogen-bond acceptors (Lipinski definition) is 4. The number of piperidine rings is 1. The molecule has 0 N–H and O–H groups in total. The van der Waals surface area contributed by atoms with E-state index in [4.69, 9.17) is 9.47 Å². The summed E-state index contributed by atoms with van der Waals surface area (Å²) in [6.07, 6.45) is 4.84. The van der Waals surface area contributed by atoms with Crippen molar-refractivity contribution < 1.29 is 14.3 Å². The van der Waals surface area contributed by atoms with Crippen molar-refractivity contribution in [3.8, 4) is 0 Å². The third-order valence-corrected chi connectivity index (χ3v) is 4.03. The topological polar surface area (TPSA) is 38.8 Å². The van der Waals surface area contributed by atoms with E-state index in [0.29, 0.717) is 6.61 Å². The maximum absolute atomic E-state index is 11.2. The molecule has 1 aliphatic rings. The number of carbonyl (C=O) groups excluding carboxylic acids is 1. The molecule has 0 aliphatic carbocycles. The highest BCUT2D eigenvalue weighted by Gasteiger charge is 2.43. The van der Waals surface area contributed by atoms with Gasteiger partial charge in [-0.3, -0.25) is 4.90 Å². The lowest BCUT2D eigenvalue weighted by Crippen LogP contribution is -2.60. The van der Waals surface area contributed by atoms with E-state index in [9.17, 15) is 4.79 Å². The van der Waals surface area contributed by atoms with E-state index in [-0.39, 0.29) is 23.2 Å². The summed E-state index contributed by atoms with van der Waals surface area (Å²) in [5, 5.41) is 0. The van der Waals surface area contributed by atoms with Crippen molar-refractivity contribution >= 4 is 5.97 Å². The molecule has 0 aromatic rings. The molecule has 4 nitrogen and oxygen atoms in total. The Labute approximate surface area is 116 Å². The van der Waals surface area contributed by atoms with Crippen LogP contribution in [-0.4, -0.2) is 41.7 Å². The van der Waals surface area contributed by atoms with Crippen LogP contribution in [0.3, 0.4) is 0 Å². The highest BCUT2D eigenvalue weighted by atomic mass is 16.5. The van der Waals surface area contributed by atoms with Crippen LogP contribution in [0.1, 0.15) is 47.5 Å². The SMILES string of the molecule is CCOC(=O)/C=C/OC1CC(C)(C)N(C)C(C)(C)C1. The summed E-state index contributed by atoms with van der Waals surface area (Å²) in [5.74, 6) is -0.353. The Kier molecular flexibility index (Phi) is 5.02. The molecule has 0 aromatic heterocycles. The summed E-state index contributed by atoms with van der Waals surface area (Å²) in [7, 11) is 2.16. The highest BCUT2D eigenvalue weighted by molar-refractivity contribution is 5.81. The molecule has 4 heteroatoms. The van der Waals surface area contributed by atoms with Gasteiger partial charge in [0.2, 0.25) is 0 Å². The Morgan fingerprint density at radius 3 is 2.26 bits per heavy atom. The molecular formula is C15H27NO3. The Balaban J connectivity index is 2.59. The summed E-state index contributed by atoms with van der Waals surface area (Å²) >= 11 is 0. The minimum Gasteiger partial charge on any atom is -0.498 e. The second kappa shape index (κ2) is 5.95. The minimum absolute atomic E-state index is 0.0875. The van der Waals surface area contributed by atoms with Gasteiger partial charge in [-0.1, -0.05) is 0 Å². The van der Waals surface area contributed by atoms with Gasteiger partial charge in [0.25, 0.3) is 0 Å². The number of likely N-dealkylation sites (tertiary alicyclic amines) is 1. The van der Waals surface area contributed by atoms with E-state index in [1.807, 2.05) is 0 Å². The zero-order chi connectivity index (χ0) is 14.7. The first kappa shape index (κ1) is 16.0. The molecule has 1 heterocycles. The van der Waals surface area contributed by atoms with E-state index in [2.05, 4.69) is 39.6 Å². The summed E-state index contributed by atoms with van der Waals surface area (Å²) < 4.78 is 10.5. The van der Waals surface area contributed by atoms with Crippen LogP contribution in [0.4, 0.5) is 0 Å². The van der Waals surface area contributed by atoms with Crippen molar-refractivity contribution in [1.29, 1.82) is 0 Å². The third-order valence-electron chi connectivity index (χ3n) is 4.03. The number of ether oxygens (including phenoxy) is 2. The van der Waals surface area contributed by atoms with Crippen molar-refractivity contribution in [1.82, 2.24) is 4.90 Å². The lowest BCUT2D eigenvalue weighted by molar-refractivity contribution is -0.137. The fourth-order valence-electron chi connectivity index (χ4n) is 2.77. The molecule has 1 aliphatic heterocycles. The molecule has 110 valence electrons. The van der Waals surface area contributed by atoms with Crippen molar-refractivity contribution in [2.75, 3.05) is 13.7 Å². The van der Waals surface area contributed by atoms with Gasteiger partial charge in [-0.2, -0.15) is 0 Å². The average molecular weight is 269 g/mol. The minimum atomic E-state index is -0.353. The fourth-order valence-corrected chi connectivity index (χ4v) is 2.77. The molecule has 1 rings (SSSR count). The molecule has 0 amide bonds. The Bertz CT molecular complexity index is 329. The van der Waals surface area contributed by atoms with Gasteiger partial charge in [0.15, 0.2) is 0 Å². The smallest absolute Gasteiger partial charge is 0.333 e. The molecule has 0 atom stereocenters. The predicted molar refractivity (Wildman–Crippen MR) is 75.8 cm³/mol. The summed E-state index contributed by atoms with van der Waals surface area (Å²) in [6, 6.07) is 0. The van der Waals surface area contributed by atoms with Gasteiger partial charge in [-0.25, -0.2) is 4.79 Å². The molecule has 0 aromatic carbocycles. The van der Waals surface area contributed by atoms with Crippen molar-refractivity contribution in [3.63, 3.8) is 0 Å². The summed E-state index contributed by atoms with van der Waals surface area (Å²) in [4.78, 5) is 13.6. The fraction of sp³-hybridized carbons (Fsp3) is 0.800. The maximum atomic E-state index is 11.2. The average Bonchev–Trinajstić information content (AvgIpc) is 2.25. The van der Waals surface area contributed by atoms with Crippen molar-refractivity contribution in [2.24, 2.45) is 0 Å². The Hall–Kier alpha value is -1.03. The zero-order valence-electron chi connectivity index (χ0n) is 13.0. The summed E-state index contributed by atoms with van der Waals surface area (Å²) in [5.41, 5.74) is 0.175. The van der Waals surface area contributed by atoms with Gasteiger partial charge in [0.1, 0.15) is 6.10 Å². The lowest BCUT2D eigenvalue weighted by Gasteiger charge is -2.53. The molecule has 19 heavy (non-hydrogen) atoms. The first-order chi connectivity index (χ1) is 8.69. The molecule has 0 bridgehead atoms. The molecule has 0 unspecified atom stereocenters. The van der Waals surface area contributed by atoms with Crippen molar-refractivity contribution in [3.05, 3.63) is 12.3 Å². The molecular weight excluding hydrogens is 242 g/mol. The quantitative estimate of drug-likeness (QED) is 0.447. The van der Waals surface area contributed by atoms with Crippen LogP contribution in [0.25, 0.3) is 0 Å². The first-order valence-electron chi connectivity index (χ1n) is 6.92. The van der Waals surface area contributed by atoms with Gasteiger partial charge in [-0.05, 0) is 41.7 Å². The van der Waals surface area contributed by atoms with E-state index in [1.54, 1.807) is 6.92 Å². The van der Waals surface area contributed by atoms with Crippen LogP contribution in [0.15, 0.2) is 12.3 Å². The number of carbonyl (C=O) groups is 1. The molecule has 0 saturated carbocycles.